The summed E-state index contributed by atoms with van der Waals surface area (Å²) < 4.78 is 6.40. The summed E-state index contributed by atoms with van der Waals surface area (Å²) in [5.74, 6) is -1.12. The number of aryl methyl sites for hydroxylation is 1. The predicted molar refractivity (Wildman–Crippen MR) is 93.8 cm³/mol. The van der Waals surface area contributed by atoms with E-state index in [-0.39, 0.29) is 17.6 Å². The summed E-state index contributed by atoms with van der Waals surface area (Å²) in [6.07, 6.45) is 1.57. The fourth-order valence-electron chi connectivity index (χ4n) is 2.38. The maximum Gasteiger partial charge on any atom is 0.378 e. The average Bonchev–Trinajstić information content (AvgIpc) is 3.06. The van der Waals surface area contributed by atoms with E-state index in [9.17, 15) is 9.59 Å². The number of carbonyl (C=O) groups excluding carboxylic acids is 2. The number of aromatic nitrogens is 4. The minimum Gasteiger partial charge on any atom is -0.450 e. The van der Waals surface area contributed by atoms with Gasteiger partial charge in [0.25, 0.3) is 17.5 Å². The largest absolute Gasteiger partial charge is 0.450 e. The van der Waals surface area contributed by atoms with Gasteiger partial charge in [0.05, 0.1) is 6.04 Å². The lowest BCUT2D eigenvalue weighted by molar-refractivity contribution is -0.124. The zero-order valence-corrected chi connectivity index (χ0v) is 14.9. The van der Waals surface area contributed by atoms with Gasteiger partial charge in [-0.2, -0.15) is 4.98 Å². The van der Waals surface area contributed by atoms with Crippen LogP contribution in [-0.4, -0.2) is 38.1 Å². The normalized spacial score (nSPS) is 12.0. The first-order chi connectivity index (χ1) is 12.5. The van der Waals surface area contributed by atoms with E-state index in [1.165, 1.54) is 4.52 Å². The number of hydrogen-bond acceptors (Lipinski definition) is 6. The summed E-state index contributed by atoms with van der Waals surface area (Å²) in [6, 6.07) is 8.60. The highest BCUT2D eigenvalue weighted by Gasteiger charge is 2.18. The lowest BCUT2D eigenvalue weighted by Gasteiger charge is -2.15. The van der Waals surface area contributed by atoms with Crippen LogP contribution < -0.4 is 5.32 Å². The Morgan fingerprint density at radius 1 is 1.31 bits per heavy atom. The van der Waals surface area contributed by atoms with Crippen LogP contribution in [0, 0.1) is 6.92 Å². The molecule has 0 aliphatic heterocycles. The molecule has 8 nitrogen and oxygen atoms in total. The van der Waals surface area contributed by atoms with E-state index in [0.717, 1.165) is 11.3 Å². The molecule has 1 amide bonds. The van der Waals surface area contributed by atoms with E-state index >= 15 is 0 Å². The van der Waals surface area contributed by atoms with E-state index in [1.807, 2.05) is 19.1 Å². The van der Waals surface area contributed by atoms with Crippen molar-refractivity contribution >= 4 is 29.3 Å². The van der Waals surface area contributed by atoms with Gasteiger partial charge < -0.3 is 10.1 Å². The third kappa shape index (κ3) is 3.80. The first-order valence-corrected chi connectivity index (χ1v) is 8.23. The molecule has 0 saturated carbocycles. The van der Waals surface area contributed by atoms with E-state index in [4.69, 9.17) is 16.3 Å². The molecule has 1 atom stereocenters. The number of rotatable bonds is 5. The molecule has 2 heterocycles. The van der Waals surface area contributed by atoms with Crippen LogP contribution in [0.5, 0.6) is 0 Å². The first kappa shape index (κ1) is 17.8. The van der Waals surface area contributed by atoms with Crippen molar-refractivity contribution < 1.29 is 14.3 Å². The minimum atomic E-state index is -0.796. The fraction of sp³-hybridized carbons (Fsp3) is 0.235. The van der Waals surface area contributed by atoms with Gasteiger partial charge in [0, 0.05) is 16.9 Å². The Morgan fingerprint density at radius 2 is 2.08 bits per heavy atom. The van der Waals surface area contributed by atoms with E-state index in [2.05, 4.69) is 20.4 Å². The molecule has 3 rings (SSSR count). The Bertz CT molecular complexity index is 972. The molecule has 0 fully saturated rings. The second-order valence-electron chi connectivity index (χ2n) is 5.62. The highest BCUT2D eigenvalue weighted by molar-refractivity contribution is 6.31. The van der Waals surface area contributed by atoms with Crippen molar-refractivity contribution in [2.24, 2.45) is 0 Å². The summed E-state index contributed by atoms with van der Waals surface area (Å²) in [4.78, 5) is 32.1. The smallest absolute Gasteiger partial charge is 0.378 e. The molecule has 1 N–H and O–H groups in total. The summed E-state index contributed by atoms with van der Waals surface area (Å²) in [5.41, 5.74) is 1.55. The van der Waals surface area contributed by atoms with Gasteiger partial charge in [0.2, 0.25) is 0 Å². The SMILES string of the molecule is Cc1ccnc2nc(C(=O)OCC(=O)N[C@H](C)c3ccccc3Cl)nn12. The van der Waals surface area contributed by atoms with E-state index < -0.39 is 18.5 Å². The summed E-state index contributed by atoms with van der Waals surface area (Å²) in [7, 11) is 0. The summed E-state index contributed by atoms with van der Waals surface area (Å²) in [5, 5.41) is 7.30. The molecule has 0 unspecified atom stereocenters. The number of fused-ring (bicyclic) bond motifs is 1. The lowest BCUT2D eigenvalue weighted by atomic mass is 10.1. The molecule has 0 aliphatic carbocycles. The van der Waals surface area contributed by atoms with Crippen LogP contribution >= 0.6 is 11.6 Å². The molecule has 0 spiro atoms. The molecule has 26 heavy (non-hydrogen) atoms. The van der Waals surface area contributed by atoms with Crippen molar-refractivity contribution in [3.63, 3.8) is 0 Å². The van der Waals surface area contributed by atoms with Gasteiger partial charge in [-0.1, -0.05) is 29.8 Å². The zero-order chi connectivity index (χ0) is 18.7. The second kappa shape index (κ2) is 7.49. The Labute approximate surface area is 154 Å². The minimum absolute atomic E-state index is 0.154. The van der Waals surface area contributed by atoms with Crippen molar-refractivity contribution in [2.45, 2.75) is 19.9 Å². The Hall–Kier alpha value is -3.00. The highest BCUT2D eigenvalue weighted by Crippen LogP contribution is 2.21. The summed E-state index contributed by atoms with van der Waals surface area (Å²) in [6.45, 7) is 3.15. The van der Waals surface area contributed by atoms with Crippen molar-refractivity contribution in [1.82, 2.24) is 24.9 Å². The number of amides is 1. The van der Waals surface area contributed by atoms with Crippen LogP contribution in [0.25, 0.3) is 5.78 Å². The average molecular weight is 374 g/mol. The van der Waals surface area contributed by atoms with Gasteiger partial charge in [-0.05, 0) is 31.5 Å². The molecule has 1 aromatic carbocycles. The number of benzene rings is 1. The van der Waals surface area contributed by atoms with E-state index in [0.29, 0.717) is 5.02 Å². The Kier molecular flexibility index (Phi) is 5.13. The Balaban J connectivity index is 1.59. The number of nitrogens with zero attached hydrogens (tertiary/aromatic N) is 4. The maximum absolute atomic E-state index is 12.1. The monoisotopic (exact) mass is 373 g/mol. The number of esters is 1. The summed E-state index contributed by atoms with van der Waals surface area (Å²) >= 11 is 6.10. The third-order valence-corrected chi connectivity index (χ3v) is 4.04. The van der Waals surface area contributed by atoms with Crippen LogP contribution in [0.3, 0.4) is 0 Å². The van der Waals surface area contributed by atoms with Crippen molar-refractivity contribution in [2.75, 3.05) is 6.61 Å². The third-order valence-electron chi connectivity index (χ3n) is 3.70. The predicted octanol–water partition coefficient (Wildman–Crippen LogP) is 2.12. The molecule has 0 bridgehead atoms. The molecule has 3 aromatic rings. The number of hydrogen-bond donors (Lipinski definition) is 1. The first-order valence-electron chi connectivity index (χ1n) is 7.85. The molecule has 9 heteroatoms. The molecule has 0 radical (unpaired) electrons. The van der Waals surface area contributed by atoms with Crippen LogP contribution in [-0.2, 0) is 9.53 Å². The van der Waals surface area contributed by atoms with Crippen LogP contribution in [0.1, 0.15) is 34.8 Å². The molecule has 0 aliphatic rings. The highest BCUT2D eigenvalue weighted by atomic mass is 35.5. The maximum atomic E-state index is 12.1. The quantitative estimate of drug-likeness (QED) is 0.688. The van der Waals surface area contributed by atoms with Gasteiger partial charge in [-0.25, -0.2) is 14.3 Å². The van der Waals surface area contributed by atoms with Crippen LogP contribution in [0.4, 0.5) is 0 Å². The van der Waals surface area contributed by atoms with Crippen LogP contribution in [0.15, 0.2) is 36.5 Å². The van der Waals surface area contributed by atoms with Crippen molar-refractivity contribution in [1.29, 1.82) is 0 Å². The molecule has 0 saturated heterocycles. The number of nitrogens with one attached hydrogen (secondary N) is 1. The number of halogens is 1. The van der Waals surface area contributed by atoms with Gasteiger partial charge in [0.15, 0.2) is 6.61 Å². The van der Waals surface area contributed by atoms with Gasteiger partial charge in [-0.3, -0.25) is 4.79 Å². The molecule has 134 valence electrons. The topological polar surface area (TPSA) is 98.5 Å². The van der Waals surface area contributed by atoms with Gasteiger partial charge in [0.1, 0.15) is 0 Å². The van der Waals surface area contributed by atoms with E-state index in [1.54, 1.807) is 31.3 Å². The standard InChI is InChI=1S/C17H16ClN5O3/c1-10-7-8-19-17-21-15(22-23(10)17)16(25)26-9-14(24)20-11(2)12-5-3-4-6-13(12)18/h3-8,11H,9H2,1-2H3,(H,20,24)/t11-/m1/s1. The van der Waals surface area contributed by atoms with Gasteiger partial charge in [-0.15, -0.1) is 5.10 Å². The second-order valence-corrected chi connectivity index (χ2v) is 6.03. The number of ether oxygens (including phenoxy) is 1. The lowest BCUT2D eigenvalue weighted by Crippen LogP contribution is -2.31. The fourth-order valence-corrected chi connectivity index (χ4v) is 2.68. The molecular formula is C17H16ClN5O3. The molecular weight excluding hydrogens is 358 g/mol. The van der Waals surface area contributed by atoms with Crippen molar-refractivity contribution in [3.8, 4) is 0 Å². The van der Waals surface area contributed by atoms with Crippen LogP contribution in [0.2, 0.25) is 5.02 Å². The van der Waals surface area contributed by atoms with Gasteiger partial charge >= 0.3 is 5.97 Å². The molecule has 2 aromatic heterocycles. The number of carbonyl (C=O) groups is 2. The van der Waals surface area contributed by atoms with Crippen molar-refractivity contribution in [3.05, 3.63) is 58.6 Å². The zero-order valence-electron chi connectivity index (χ0n) is 14.1. The Morgan fingerprint density at radius 3 is 2.81 bits per heavy atom.